The van der Waals surface area contributed by atoms with Crippen LogP contribution in [0.5, 0.6) is 0 Å². The first-order valence-corrected chi connectivity index (χ1v) is 8.40. The second-order valence-electron chi connectivity index (χ2n) is 6.14. The van der Waals surface area contributed by atoms with Crippen LogP contribution in [-0.2, 0) is 13.0 Å². The number of nitrogens with zero attached hydrogens (tertiary/aromatic N) is 5. The summed E-state index contributed by atoms with van der Waals surface area (Å²) >= 11 is 0. The van der Waals surface area contributed by atoms with E-state index in [-0.39, 0.29) is 6.61 Å². The molecule has 2 aromatic rings. The molecule has 23 heavy (non-hydrogen) atoms. The van der Waals surface area contributed by atoms with Crippen LogP contribution in [0.25, 0.3) is 0 Å². The van der Waals surface area contributed by atoms with Crippen LogP contribution in [0.1, 0.15) is 42.7 Å². The van der Waals surface area contributed by atoms with Crippen LogP contribution >= 0.6 is 0 Å². The lowest BCUT2D eigenvalue weighted by molar-refractivity contribution is 0.202. The van der Waals surface area contributed by atoms with Gasteiger partial charge in [-0.2, -0.15) is 5.10 Å². The van der Waals surface area contributed by atoms with Gasteiger partial charge in [-0.25, -0.2) is 0 Å². The molecule has 3 heterocycles. The summed E-state index contributed by atoms with van der Waals surface area (Å²) in [6.45, 7) is 5.84. The molecule has 3 rings (SSSR count). The maximum Gasteiger partial charge on any atom is 0.216 e. The SMILES string of the molecule is Cc1nnc(CCCN2CCC(c3ccnn3CCO)CC2)o1. The fraction of sp³-hybridized carbons (Fsp3) is 0.688. The fourth-order valence-electron chi connectivity index (χ4n) is 3.32. The summed E-state index contributed by atoms with van der Waals surface area (Å²) in [6.07, 6.45) is 6.04. The van der Waals surface area contributed by atoms with E-state index in [2.05, 4.69) is 26.3 Å². The molecule has 1 aliphatic rings. The summed E-state index contributed by atoms with van der Waals surface area (Å²) in [5.41, 5.74) is 1.26. The van der Waals surface area contributed by atoms with Crippen LogP contribution in [0.4, 0.5) is 0 Å². The van der Waals surface area contributed by atoms with Crippen molar-refractivity contribution < 1.29 is 9.52 Å². The van der Waals surface area contributed by atoms with Gasteiger partial charge in [-0.3, -0.25) is 4.68 Å². The Morgan fingerprint density at radius 3 is 2.78 bits per heavy atom. The highest BCUT2D eigenvalue weighted by Crippen LogP contribution is 2.27. The fourth-order valence-corrected chi connectivity index (χ4v) is 3.32. The second-order valence-corrected chi connectivity index (χ2v) is 6.14. The molecule has 1 saturated heterocycles. The zero-order valence-electron chi connectivity index (χ0n) is 13.7. The topological polar surface area (TPSA) is 80.2 Å². The summed E-state index contributed by atoms with van der Waals surface area (Å²) in [5, 5.41) is 21.3. The molecule has 1 aliphatic heterocycles. The standard InChI is InChI=1S/C16H25N5O2/c1-13-18-19-16(23-13)3-2-8-20-9-5-14(6-10-20)15-4-7-17-21(15)11-12-22/h4,7,14,22H,2-3,5-6,8-12H2,1H3. The van der Waals surface area contributed by atoms with Gasteiger partial charge in [0.15, 0.2) is 0 Å². The number of hydrogen-bond donors (Lipinski definition) is 1. The Labute approximate surface area is 136 Å². The van der Waals surface area contributed by atoms with Crippen molar-refractivity contribution in [2.75, 3.05) is 26.2 Å². The van der Waals surface area contributed by atoms with Gasteiger partial charge in [0, 0.05) is 31.2 Å². The smallest absolute Gasteiger partial charge is 0.216 e. The van der Waals surface area contributed by atoms with E-state index < -0.39 is 0 Å². The van der Waals surface area contributed by atoms with E-state index >= 15 is 0 Å². The van der Waals surface area contributed by atoms with Crippen LogP contribution in [0.3, 0.4) is 0 Å². The zero-order chi connectivity index (χ0) is 16.1. The molecule has 0 aromatic carbocycles. The van der Waals surface area contributed by atoms with E-state index in [0.717, 1.165) is 51.2 Å². The molecule has 0 radical (unpaired) electrons. The molecule has 1 fully saturated rings. The van der Waals surface area contributed by atoms with Gasteiger partial charge in [-0.15, -0.1) is 10.2 Å². The van der Waals surface area contributed by atoms with Crippen molar-refractivity contribution in [3.8, 4) is 0 Å². The Kier molecular flexibility index (Phi) is 5.40. The average Bonchev–Trinajstić information content (AvgIpc) is 3.18. The van der Waals surface area contributed by atoms with Crippen LogP contribution in [0.15, 0.2) is 16.7 Å². The van der Waals surface area contributed by atoms with Crippen LogP contribution in [0, 0.1) is 6.92 Å². The molecule has 0 saturated carbocycles. The molecule has 0 unspecified atom stereocenters. The highest BCUT2D eigenvalue weighted by Gasteiger charge is 2.22. The molecule has 2 aromatic heterocycles. The van der Waals surface area contributed by atoms with Crippen LogP contribution in [-0.4, -0.2) is 56.2 Å². The molecule has 126 valence electrons. The summed E-state index contributed by atoms with van der Waals surface area (Å²) in [5.74, 6) is 1.93. The molecule has 7 heteroatoms. The first kappa shape index (κ1) is 16.1. The lowest BCUT2D eigenvalue weighted by Crippen LogP contribution is -2.34. The average molecular weight is 319 g/mol. The molecular weight excluding hydrogens is 294 g/mol. The minimum atomic E-state index is 0.142. The predicted molar refractivity (Wildman–Crippen MR) is 85.1 cm³/mol. The highest BCUT2D eigenvalue weighted by molar-refractivity contribution is 5.09. The molecule has 0 aliphatic carbocycles. The number of aromatic nitrogens is 4. The Balaban J connectivity index is 1.42. The molecule has 0 spiro atoms. The van der Waals surface area contributed by atoms with E-state index in [1.807, 2.05) is 17.8 Å². The van der Waals surface area contributed by atoms with Crippen molar-refractivity contribution in [2.24, 2.45) is 0 Å². The number of aryl methyl sites for hydroxylation is 2. The minimum absolute atomic E-state index is 0.142. The van der Waals surface area contributed by atoms with E-state index in [1.54, 1.807) is 0 Å². The molecule has 0 amide bonds. The van der Waals surface area contributed by atoms with Gasteiger partial charge < -0.3 is 14.4 Å². The van der Waals surface area contributed by atoms with Gasteiger partial charge in [0.25, 0.3) is 0 Å². The number of aliphatic hydroxyl groups is 1. The number of aliphatic hydroxyl groups excluding tert-OH is 1. The van der Waals surface area contributed by atoms with Gasteiger partial charge in [-0.05, 0) is 45.0 Å². The van der Waals surface area contributed by atoms with Gasteiger partial charge in [0.1, 0.15) is 0 Å². The highest BCUT2D eigenvalue weighted by atomic mass is 16.4. The summed E-state index contributed by atoms with van der Waals surface area (Å²) in [4.78, 5) is 2.51. The molecule has 1 N–H and O–H groups in total. The lowest BCUT2D eigenvalue weighted by atomic mass is 9.93. The molecule has 0 bridgehead atoms. The van der Waals surface area contributed by atoms with Crippen molar-refractivity contribution in [3.63, 3.8) is 0 Å². The molecular formula is C16H25N5O2. The van der Waals surface area contributed by atoms with Crippen LogP contribution in [0.2, 0.25) is 0 Å². The van der Waals surface area contributed by atoms with Gasteiger partial charge >= 0.3 is 0 Å². The summed E-state index contributed by atoms with van der Waals surface area (Å²) in [6, 6.07) is 2.09. The van der Waals surface area contributed by atoms with Gasteiger partial charge in [0.05, 0.1) is 13.2 Å². The molecule has 7 nitrogen and oxygen atoms in total. The Morgan fingerprint density at radius 2 is 2.09 bits per heavy atom. The Morgan fingerprint density at radius 1 is 1.26 bits per heavy atom. The van der Waals surface area contributed by atoms with Crippen molar-refractivity contribution >= 4 is 0 Å². The number of rotatable bonds is 7. The second kappa shape index (κ2) is 7.70. The van der Waals surface area contributed by atoms with E-state index in [4.69, 9.17) is 9.52 Å². The Bertz CT molecular complexity index is 601. The number of hydrogen-bond acceptors (Lipinski definition) is 6. The number of piperidine rings is 1. The normalized spacial score (nSPS) is 17.0. The van der Waals surface area contributed by atoms with E-state index in [1.165, 1.54) is 5.69 Å². The first-order chi connectivity index (χ1) is 11.3. The largest absolute Gasteiger partial charge is 0.426 e. The maximum absolute atomic E-state index is 9.11. The Hall–Kier alpha value is -1.73. The molecule has 0 atom stereocenters. The maximum atomic E-state index is 9.11. The predicted octanol–water partition coefficient (Wildman–Crippen LogP) is 1.38. The third kappa shape index (κ3) is 4.17. The van der Waals surface area contributed by atoms with Crippen molar-refractivity contribution in [3.05, 3.63) is 29.7 Å². The quantitative estimate of drug-likeness (QED) is 0.830. The van der Waals surface area contributed by atoms with Crippen molar-refractivity contribution in [1.82, 2.24) is 24.9 Å². The van der Waals surface area contributed by atoms with E-state index in [0.29, 0.717) is 18.4 Å². The van der Waals surface area contributed by atoms with Gasteiger partial charge in [-0.1, -0.05) is 0 Å². The summed E-state index contributed by atoms with van der Waals surface area (Å²) < 4.78 is 7.35. The van der Waals surface area contributed by atoms with Crippen LogP contribution < -0.4 is 0 Å². The first-order valence-electron chi connectivity index (χ1n) is 8.40. The van der Waals surface area contributed by atoms with Crippen molar-refractivity contribution in [1.29, 1.82) is 0 Å². The number of likely N-dealkylation sites (tertiary alicyclic amines) is 1. The third-order valence-electron chi connectivity index (χ3n) is 4.50. The van der Waals surface area contributed by atoms with E-state index in [9.17, 15) is 0 Å². The summed E-state index contributed by atoms with van der Waals surface area (Å²) in [7, 11) is 0. The monoisotopic (exact) mass is 319 g/mol. The third-order valence-corrected chi connectivity index (χ3v) is 4.50. The van der Waals surface area contributed by atoms with Crippen molar-refractivity contribution in [2.45, 2.75) is 45.1 Å². The lowest BCUT2D eigenvalue weighted by Gasteiger charge is -2.32. The zero-order valence-corrected chi connectivity index (χ0v) is 13.7. The van der Waals surface area contributed by atoms with Gasteiger partial charge in [0.2, 0.25) is 11.8 Å². The minimum Gasteiger partial charge on any atom is -0.426 e.